The lowest BCUT2D eigenvalue weighted by atomic mass is 9.96. The third-order valence-corrected chi connectivity index (χ3v) is 3.21. The van der Waals surface area contributed by atoms with Crippen LogP contribution in [0.4, 0.5) is 0 Å². The van der Waals surface area contributed by atoms with Gasteiger partial charge >= 0.3 is 0 Å². The van der Waals surface area contributed by atoms with E-state index in [1.807, 2.05) is 24.0 Å². The van der Waals surface area contributed by atoms with Crippen LogP contribution in [0.2, 0.25) is 0 Å². The molecule has 0 aliphatic heterocycles. The van der Waals surface area contributed by atoms with Crippen molar-refractivity contribution >= 4 is 0 Å². The highest BCUT2D eigenvalue weighted by atomic mass is 15.3. The lowest BCUT2D eigenvalue weighted by molar-refractivity contribution is 0.334. The number of nitrogens with two attached hydrogens (primary N) is 1. The number of hydrazine groups is 1. The minimum atomic E-state index is 0.183. The van der Waals surface area contributed by atoms with Crippen molar-refractivity contribution in [1.82, 2.24) is 15.0 Å². The molecule has 0 bridgehead atoms. The van der Waals surface area contributed by atoms with Crippen LogP contribution in [0.1, 0.15) is 31.6 Å². The van der Waals surface area contributed by atoms with Gasteiger partial charge in [-0.1, -0.05) is 6.92 Å². The predicted octanol–water partition coefficient (Wildman–Crippen LogP) is 0.971. The normalized spacial score (nSPS) is 20.8. The molecule has 4 heteroatoms. The highest BCUT2D eigenvalue weighted by Gasteiger charge is 2.34. The number of aryl methyl sites for hydroxylation is 1. The van der Waals surface area contributed by atoms with Gasteiger partial charge in [0, 0.05) is 19.4 Å². The van der Waals surface area contributed by atoms with Crippen LogP contribution in [0.3, 0.4) is 0 Å². The number of hydrogen-bond acceptors (Lipinski definition) is 3. The Hall–Kier alpha value is -0.870. The molecular formula is C10H18N4. The van der Waals surface area contributed by atoms with Crippen LogP contribution in [0.15, 0.2) is 12.4 Å². The van der Waals surface area contributed by atoms with Crippen LogP contribution in [0.25, 0.3) is 0 Å². The summed E-state index contributed by atoms with van der Waals surface area (Å²) in [7, 11) is 2.01. The second-order valence-electron chi connectivity index (χ2n) is 4.24. The van der Waals surface area contributed by atoms with Crippen LogP contribution < -0.4 is 11.3 Å². The SMILES string of the molecule is CC(C1CC1)C(NN)c1nccn1C. The molecule has 1 aliphatic carbocycles. The minimum absolute atomic E-state index is 0.183. The van der Waals surface area contributed by atoms with Gasteiger partial charge in [-0.2, -0.15) is 0 Å². The van der Waals surface area contributed by atoms with Crippen molar-refractivity contribution in [1.29, 1.82) is 0 Å². The van der Waals surface area contributed by atoms with Crippen molar-refractivity contribution in [2.24, 2.45) is 24.7 Å². The molecule has 3 N–H and O–H groups in total. The van der Waals surface area contributed by atoms with E-state index in [0.717, 1.165) is 11.7 Å². The first kappa shape index (κ1) is 9.68. The van der Waals surface area contributed by atoms with Gasteiger partial charge in [0.05, 0.1) is 6.04 Å². The fraction of sp³-hybridized carbons (Fsp3) is 0.700. The maximum absolute atomic E-state index is 5.60. The van der Waals surface area contributed by atoms with Crippen molar-refractivity contribution in [2.75, 3.05) is 0 Å². The fourth-order valence-corrected chi connectivity index (χ4v) is 2.03. The highest BCUT2D eigenvalue weighted by molar-refractivity contribution is 5.02. The van der Waals surface area contributed by atoms with Crippen molar-refractivity contribution in [3.8, 4) is 0 Å². The monoisotopic (exact) mass is 194 g/mol. The molecule has 0 radical (unpaired) electrons. The number of rotatable bonds is 4. The van der Waals surface area contributed by atoms with E-state index in [4.69, 9.17) is 5.84 Å². The molecule has 1 heterocycles. The van der Waals surface area contributed by atoms with E-state index in [1.54, 1.807) is 0 Å². The third kappa shape index (κ3) is 1.67. The summed E-state index contributed by atoms with van der Waals surface area (Å²) in [5, 5.41) is 0. The molecule has 1 aromatic rings. The van der Waals surface area contributed by atoms with E-state index in [-0.39, 0.29) is 6.04 Å². The topological polar surface area (TPSA) is 55.9 Å². The molecule has 1 saturated carbocycles. The number of nitrogens with one attached hydrogen (secondary N) is 1. The van der Waals surface area contributed by atoms with Crippen LogP contribution >= 0.6 is 0 Å². The van der Waals surface area contributed by atoms with E-state index in [2.05, 4.69) is 17.3 Å². The van der Waals surface area contributed by atoms with Gasteiger partial charge in [0.2, 0.25) is 0 Å². The van der Waals surface area contributed by atoms with Gasteiger partial charge < -0.3 is 4.57 Å². The Morgan fingerprint density at radius 1 is 1.64 bits per heavy atom. The van der Waals surface area contributed by atoms with E-state index in [1.165, 1.54) is 12.8 Å². The van der Waals surface area contributed by atoms with Crippen molar-refractivity contribution in [3.05, 3.63) is 18.2 Å². The lowest BCUT2D eigenvalue weighted by Gasteiger charge is -2.22. The van der Waals surface area contributed by atoms with Crippen LogP contribution in [-0.2, 0) is 7.05 Å². The molecule has 14 heavy (non-hydrogen) atoms. The molecule has 2 atom stereocenters. The largest absolute Gasteiger partial charge is 0.337 e. The molecule has 0 amide bonds. The van der Waals surface area contributed by atoms with Crippen molar-refractivity contribution < 1.29 is 0 Å². The molecule has 4 nitrogen and oxygen atoms in total. The summed E-state index contributed by atoms with van der Waals surface area (Å²) in [4.78, 5) is 4.34. The Morgan fingerprint density at radius 2 is 2.36 bits per heavy atom. The van der Waals surface area contributed by atoms with Gasteiger partial charge in [0.15, 0.2) is 0 Å². The molecule has 2 unspecified atom stereocenters. The predicted molar refractivity (Wildman–Crippen MR) is 55.2 cm³/mol. The zero-order valence-electron chi connectivity index (χ0n) is 8.77. The Balaban J connectivity index is 2.16. The van der Waals surface area contributed by atoms with E-state index in [0.29, 0.717) is 5.92 Å². The van der Waals surface area contributed by atoms with Crippen LogP contribution in [0, 0.1) is 11.8 Å². The molecule has 0 spiro atoms. The molecule has 0 aromatic carbocycles. The summed E-state index contributed by atoms with van der Waals surface area (Å²) in [6, 6.07) is 0.183. The molecule has 1 fully saturated rings. The maximum atomic E-state index is 5.60. The smallest absolute Gasteiger partial charge is 0.127 e. The quantitative estimate of drug-likeness (QED) is 0.554. The summed E-state index contributed by atoms with van der Waals surface area (Å²) in [6.45, 7) is 2.25. The van der Waals surface area contributed by atoms with E-state index >= 15 is 0 Å². The lowest BCUT2D eigenvalue weighted by Crippen LogP contribution is -2.35. The van der Waals surface area contributed by atoms with Crippen LogP contribution in [-0.4, -0.2) is 9.55 Å². The summed E-state index contributed by atoms with van der Waals surface area (Å²) in [5.74, 6) is 8.03. The number of nitrogens with zero attached hydrogens (tertiary/aromatic N) is 2. The Kier molecular flexibility index (Phi) is 2.56. The molecule has 1 aromatic heterocycles. The van der Waals surface area contributed by atoms with Crippen molar-refractivity contribution in [3.63, 3.8) is 0 Å². The van der Waals surface area contributed by atoms with Crippen molar-refractivity contribution in [2.45, 2.75) is 25.8 Å². The van der Waals surface area contributed by atoms with E-state index < -0.39 is 0 Å². The average Bonchev–Trinajstić information content (AvgIpc) is 2.94. The molecule has 1 aliphatic rings. The third-order valence-electron chi connectivity index (χ3n) is 3.21. The van der Waals surface area contributed by atoms with Gasteiger partial charge in [-0.3, -0.25) is 5.84 Å². The Morgan fingerprint density at radius 3 is 2.79 bits per heavy atom. The molecule has 2 rings (SSSR count). The van der Waals surface area contributed by atoms with E-state index in [9.17, 15) is 0 Å². The maximum Gasteiger partial charge on any atom is 0.127 e. The first-order valence-electron chi connectivity index (χ1n) is 5.17. The van der Waals surface area contributed by atoms with Gasteiger partial charge in [0.25, 0.3) is 0 Å². The van der Waals surface area contributed by atoms with Crippen LogP contribution in [0.5, 0.6) is 0 Å². The summed E-state index contributed by atoms with van der Waals surface area (Å²) >= 11 is 0. The Bertz CT molecular complexity index is 303. The van der Waals surface area contributed by atoms with Gasteiger partial charge in [-0.05, 0) is 24.7 Å². The zero-order valence-corrected chi connectivity index (χ0v) is 8.77. The summed E-state index contributed by atoms with van der Waals surface area (Å²) in [5.41, 5.74) is 2.88. The van der Waals surface area contributed by atoms with Gasteiger partial charge in [-0.15, -0.1) is 0 Å². The Labute approximate surface area is 84.5 Å². The highest BCUT2D eigenvalue weighted by Crippen LogP contribution is 2.41. The first-order valence-corrected chi connectivity index (χ1v) is 5.17. The van der Waals surface area contributed by atoms with Gasteiger partial charge in [0.1, 0.15) is 5.82 Å². The summed E-state index contributed by atoms with van der Waals surface area (Å²) in [6.07, 6.45) is 6.45. The summed E-state index contributed by atoms with van der Waals surface area (Å²) < 4.78 is 2.03. The standard InChI is InChI=1S/C10H18N4/c1-7(8-3-4-8)9(13-11)10-12-5-6-14(10)2/h5-9,13H,3-4,11H2,1-2H3. The first-order chi connectivity index (χ1) is 6.74. The molecule has 0 saturated heterocycles. The van der Waals surface area contributed by atoms with Gasteiger partial charge in [-0.25, -0.2) is 10.4 Å². The number of hydrogen-bond donors (Lipinski definition) is 2. The number of aromatic nitrogens is 2. The molecular weight excluding hydrogens is 176 g/mol. The zero-order chi connectivity index (χ0) is 10.1. The second kappa shape index (κ2) is 3.71. The molecule has 78 valence electrons. The fourth-order valence-electron chi connectivity index (χ4n) is 2.03. The second-order valence-corrected chi connectivity index (χ2v) is 4.24. The minimum Gasteiger partial charge on any atom is -0.337 e. The number of imidazole rings is 1. The average molecular weight is 194 g/mol.